The summed E-state index contributed by atoms with van der Waals surface area (Å²) < 4.78 is 12.8. The Morgan fingerprint density at radius 2 is 1.58 bits per heavy atom. The predicted octanol–water partition coefficient (Wildman–Crippen LogP) is 6.58. The third-order valence-corrected chi connectivity index (χ3v) is 8.35. The first-order valence-electron chi connectivity index (χ1n) is 14.4. The van der Waals surface area contributed by atoms with Gasteiger partial charge in [0, 0.05) is 41.2 Å². The molecule has 1 saturated heterocycles. The molecule has 43 heavy (non-hydrogen) atoms. The molecule has 4 rings (SSSR count). The molecule has 3 unspecified atom stereocenters. The molecule has 4 N–H and O–H groups in total. The summed E-state index contributed by atoms with van der Waals surface area (Å²) in [6.07, 6.45) is 2.63. The molecule has 0 radical (unpaired) electrons. The Morgan fingerprint density at radius 1 is 0.837 bits per heavy atom. The lowest BCUT2D eigenvalue weighted by Gasteiger charge is -2.36. The van der Waals surface area contributed by atoms with E-state index in [1.54, 1.807) is 24.3 Å². The van der Waals surface area contributed by atoms with Crippen molar-refractivity contribution >= 4 is 35.3 Å². The summed E-state index contributed by atoms with van der Waals surface area (Å²) in [5, 5.41) is 30.7. The van der Waals surface area contributed by atoms with Crippen molar-refractivity contribution in [2.45, 2.75) is 74.9 Å². The van der Waals surface area contributed by atoms with Crippen molar-refractivity contribution in [2.75, 3.05) is 11.1 Å². The maximum atomic E-state index is 12.5. The zero-order chi connectivity index (χ0) is 30.6. The first-order valence-corrected chi connectivity index (χ1v) is 15.4. The molecule has 228 valence electrons. The van der Waals surface area contributed by atoms with Crippen LogP contribution in [-0.2, 0) is 25.7 Å². The highest BCUT2D eigenvalue weighted by Crippen LogP contribution is 2.40. The Morgan fingerprint density at radius 3 is 2.30 bits per heavy atom. The Labute approximate surface area is 255 Å². The number of carboxylic acid groups (broad SMARTS) is 2. The van der Waals surface area contributed by atoms with Gasteiger partial charge in [0.05, 0.1) is 24.4 Å². The van der Waals surface area contributed by atoms with Crippen LogP contribution in [0.2, 0.25) is 0 Å². The van der Waals surface area contributed by atoms with Gasteiger partial charge >= 0.3 is 11.9 Å². The third-order valence-electron chi connectivity index (χ3n) is 7.14. The van der Waals surface area contributed by atoms with E-state index < -0.39 is 18.2 Å². The van der Waals surface area contributed by atoms with Gasteiger partial charge in [0.2, 0.25) is 5.91 Å². The van der Waals surface area contributed by atoms with Crippen LogP contribution in [0.4, 0.5) is 5.69 Å². The number of aliphatic hydroxyl groups excluding tert-OH is 1. The molecule has 0 spiro atoms. The number of hydrogen-bond donors (Lipinski definition) is 4. The van der Waals surface area contributed by atoms with Gasteiger partial charge in [-0.05, 0) is 48.2 Å². The molecule has 1 aliphatic rings. The van der Waals surface area contributed by atoms with Crippen molar-refractivity contribution in [3.8, 4) is 0 Å². The first-order chi connectivity index (χ1) is 20.8. The number of carboxylic acids is 2. The average Bonchev–Trinajstić information content (AvgIpc) is 3.01. The van der Waals surface area contributed by atoms with Crippen LogP contribution in [0.5, 0.6) is 0 Å². The maximum absolute atomic E-state index is 12.5. The summed E-state index contributed by atoms with van der Waals surface area (Å²) in [5.74, 6) is -1.39. The molecule has 0 aromatic heterocycles. The third kappa shape index (κ3) is 9.93. The molecule has 1 fully saturated rings. The minimum atomic E-state index is -0.979. The maximum Gasteiger partial charge on any atom is 0.336 e. The van der Waals surface area contributed by atoms with Gasteiger partial charge in [-0.25, -0.2) is 4.79 Å². The van der Waals surface area contributed by atoms with Gasteiger partial charge in [0.15, 0.2) is 6.29 Å². The summed E-state index contributed by atoms with van der Waals surface area (Å²) in [6.45, 7) is -0.0526. The summed E-state index contributed by atoms with van der Waals surface area (Å²) in [6, 6.07) is 21.8. The van der Waals surface area contributed by atoms with Crippen molar-refractivity contribution in [3.63, 3.8) is 0 Å². The average molecular weight is 608 g/mol. The van der Waals surface area contributed by atoms with Crippen LogP contribution in [0, 0.1) is 0 Å². The Hall–Kier alpha value is -3.70. The van der Waals surface area contributed by atoms with Crippen molar-refractivity contribution < 1.29 is 39.2 Å². The molecule has 3 atom stereocenters. The number of benzene rings is 3. The number of amides is 1. The molecule has 1 heterocycles. The smallest absolute Gasteiger partial charge is 0.336 e. The van der Waals surface area contributed by atoms with Crippen LogP contribution >= 0.6 is 11.8 Å². The molecule has 0 aliphatic carbocycles. The zero-order valence-corrected chi connectivity index (χ0v) is 24.6. The highest BCUT2D eigenvalue weighted by Gasteiger charge is 2.32. The lowest BCUT2D eigenvalue weighted by atomic mass is 10.0. The van der Waals surface area contributed by atoms with Crippen LogP contribution < -0.4 is 5.32 Å². The first kappa shape index (κ1) is 32.2. The number of aliphatic carboxylic acids is 1. The van der Waals surface area contributed by atoms with Gasteiger partial charge in [-0.3, -0.25) is 9.59 Å². The van der Waals surface area contributed by atoms with Crippen LogP contribution in [0.3, 0.4) is 0 Å². The molecular formula is C33H37NO8S. The van der Waals surface area contributed by atoms with Gasteiger partial charge in [0.1, 0.15) is 0 Å². The van der Waals surface area contributed by atoms with Crippen molar-refractivity contribution in [2.24, 2.45) is 0 Å². The summed E-state index contributed by atoms with van der Waals surface area (Å²) in [7, 11) is 0. The number of nitrogens with one attached hydrogen (secondary N) is 1. The molecule has 10 heteroatoms. The van der Waals surface area contributed by atoms with Crippen LogP contribution in [0.15, 0.2) is 77.7 Å². The minimum absolute atomic E-state index is 0.0526. The molecule has 0 bridgehead atoms. The normalized spacial score (nSPS) is 18.2. The fraction of sp³-hybridized carbons (Fsp3) is 0.364. The lowest BCUT2D eigenvalue weighted by Crippen LogP contribution is -2.31. The highest BCUT2D eigenvalue weighted by molar-refractivity contribution is 7.99. The standard InChI is InChI=1S/C33H37NO8S/c35-20-22-14-16-23(17-15-22)28-19-26(21-43-29-11-6-5-10-27(29)32(39)40)41-33(42-28)24-8-7-9-25(18-24)34-30(36)12-3-1-2-4-13-31(37)38/h5-11,14-18,26,28,33,35H,1-4,12-13,19-21H2,(H,34,36)(H,37,38)(H,39,40). The number of thioether (sulfide) groups is 1. The number of ether oxygens (including phenoxy) is 2. The number of carbonyl (C=O) groups excluding carboxylic acids is 1. The van der Waals surface area contributed by atoms with E-state index in [4.69, 9.17) is 14.6 Å². The quantitative estimate of drug-likeness (QED) is 0.111. The summed E-state index contributed by atoms with van der Waals surface area (Å²) >= 11 is 1.43. The van der Waals surface area contributed by atoms with Crippen LogP contribution in [0.25, 0.3) is 0 Å². The van der Waals surface area contributed by atoms with E-state index in [-0.39, 0.29) is 36.7 Å². The number of carbonyl (C=O) groups is 3. The molecule has 1 aliphatic heterocycles. The Kier molecular flexibility index (Phi) is 12.2. The topological polar surface area (TPSA) is 142 Å². The van der Waals surface area contributed by atoms with E-state index >= 15 is 0 Å². The van der Waals surface area contributed by atoms with E-state index in [0.717, 1.165) is 29.5 Å². The second-order valence-electron chi connectivity index (χ2n) is 10.4. The van der Waals surface area contributed by atoms with Crippen molar-refractivity contribution in [1.82, 2.24) is 0 Å². The molecule has 3 aromatic carbocycles. The number of aliphatic hydroxyl groups is 1. The molecule has 0 saturated carbocycles. The summed E-state index contributed by atoms with van der Waals surface area (Å²) in [4.78, 5) is 35.5. The van der Waals surface area contributed by atoms with Gasteiger partial charge in [-0.1, -0.05) is 61.4 Å². The second-order valence-corrected chi connectivity index (χ2v) is 11.5. The number of anilines is 1. The van der Waals surface area contributed by atoms with Gasteiger partial charge < -0.3 is 30.1 Å². The van der Waals surface area contributed by atoms with E-state index in [0.29, 0.717) is 42.0 Å². The number of aromatic carboxylic acids is 1. The van der Waals surface area contributed by atoms with E-state index in [2.05, 4.69) is 5.32 Å². The molecular weight excluding hydrogens is 570 g/mol. The fourth-order valence-corrected chi connectivity index (χ4v) is 5.94. The monoisotopic (exact) mass is 607 g/mol. The molecule has 3 aromatic rings. The van der Waals surface area contributed by atoms with E-state index in [1.165, 1.54) is 11.8 Å². The Bertz CT molecular complexity index is 1380. The lowest BCUT2D eigenvalue weighted by molar-refractivity contribution is -0.245. The van der Waals surface area contributed by atoms with Gasteiger partial charge in [0.25, 0.3) is 0 Å². The van der Waals surface area contributed by atoms with E-state index in [1.807, 2.05) is 48.5 Å². The Balaban J connectivity index is 1.43. The molecule has 9 nitrogen and oxygen atoms in total. The largest absolute Gasteiger partial charge is 0.481 e. The van der Waals surface area contributed by atoms with Gasteiger partial charge in [-0.15, -0.1) is 11.8 Å². The predicted molar refractivity (Wildman–Crippen MR) is 163 cm³/mol. The number of hydrogen-bond acceptors (Lipinski definition) is 7. The van der Waals surface area contributed by atoms with Crippen LogP contribution in [0.1, 0.15) is 84.4 Å². The highest BCUT2D eigenvalue weighted by atomic mass is 32.2. The number of rotatable bonds is 15. The number of unbranched alkanes of at least 4 members (excludes halogenated alkanes) is 3. The van der Waals surface area contributed by atoms with Crippen LogP contribution in [-0.4, -0.2) is 45.0 Å². The van der Waals surface area contributed by atoms with Gasteiger partial charge in [-0.2, -0.15) is 0 Å². The molecule has 1 amide bonds. The van der Waals surface area contributed by atoms with Crippen molar-refractivity contribution in [3.05, 3.63) is 95.1 Å². The van der Waals surface area contributed by atoms with Crippen molar-refractivity contribution in [1.29, 1.82) is 0 Å². The zero-order valence-electron chi connectivity index (χ0n) is 23.8. The second kappa shape index (κ2) is 16.2. The van der Waals surface area contributed by atoms with E-state index in [9.17, 15) is 24.6 Å². The fourth-order valence-electron chi connectivity index (χ4n) is 4.88. The minimum Gasteiger partial charge on any atom is -0.481 e. The SMILES string of the molecule is O=C(O)CCCCCCC(=O)Nc1cccc(C2OC(CSc3ccccc3C(=O)O)CC(c3ccc(CO)cc3)O2)c1. The summed E-state index contributed by atoms with van der Waals surface area (Å²) in [5.41, 5.74) is 3.35.